The maximum atomic E-state index is 4.76. The molecule has 8 nitrogen and oxygen atoms in total. The molecule has 22 heavy (non-hydrogen) atoms. The Morgan fingerprint density at radius 2 is 2.09 bits per heavy atom. The second-order valence-corrected chi connectivity index (χ2v) is 5.50. The van der Waals surface area contributed by atoms with Crippen molar-refractivity contribution in [1.82, 2.24) is 39.4 Å². The average molecular weight is 298 g/mol. The third-order valence-electron chi connectivity index (χ3n) is 3.79. The molecular formula is C14H18N8. The average Bonchev–Trinajstić information content (AvgIpc) is 3.15. The minimum atomic E-state index is 0.726. The molecule has 0 unspecified atom stereocenters. The van der Waals surface area contributed by atoms with Gasteiger partial charge in [-0.1, -0.05) is 0 Å². The standard InChI is InChI=1S/C14H18N8/c1-10-17-14(22(19-10)11-7-16-20(2)8-11)12-9-21-6-5-15-4-3-13(21)18-12/h7-9,15H,3-6H2,1-2H3. The molecule has 0 aliphatic carbocycles. The molecule has 114 valence electrons. The van der Waals surface area contributed by atoms with E-state index in [2.05, 4.69) is 31.3 Å². The summed E-state index contributed by atoms with van der Waals surface area (Å²) in [6.07, 6.45) is 6.70. The van der Waals surface area contributed by atoms with Gasteiger partial charge in [0.25, 0.3) is 0 Å². The third-order valence-corrected chi connectivity index (χ3v) is 3.79. The van der Waals surface area contributed by atoms with Gasteiger partial charge in [-0.2, -0.15) is 10.2 Å². The molecule has 1 N–H and O–H groups in total. The van der Waals surface area contributed by atoms with E-state index in [0.29, 0.717) is 0 Å². The van der Waals surface area contributed by atoms with Crippen molar-refractivity contribution in [2.45, 2.75) is 19.9 Å². The summed E-state index contributed by atoms with van der Waals surface area (Å²) in [5, 5.41) is 12.1. The van der Waals surface area contributed by atoms with Crippen LogP contribution in [0.5, 0.6) is 0 Å². The number of hydrogen-bond acceptors (Lipinski definition) is 5. The van der Waals surface area contributed by atoms with E-state index < -0.39 is 0 Å². The molecule has 0 bridgehead atoms. The highest BCUT2D eigenvalue weighted by Crippen LogP contribution is 2.21. The second kappa shape index (κ2) is 5.06. The zero-order valence-corrected chi connectivity index (χ0v) is 12.7. The number of fused-ring (bicyclic) bond motifs is 1. The first-order valence-electron chi connectivity index (χ1n) is 7.40. The fraction of sp³-hybridized carbons (Fsp3) is 0.429. The summed E-state index contributed by atoms with van der Waals surface area (Å²) in [7, 11) is 1.89. The molecule has 0 saturated heterocycles. The first kappa shape index (κ1) is 13.2. The molecule has 0 spiro atoms. The third kappa shape index (κ3) is 2.21. The lowest BCUT2D eigenvalue weighted by Crippen LogP contribution is -2.17. The van der Waals surface area contributed by atoms with E-state index in [0.717, 1.165) is 54.9 Å². The Balaban J connectivity index is 1.80. The van der Waals surface area contributed by atoms with Gasteiger partial charge in [-0.05, 0) is 6.92 Å². The quantitative estimate of drug-likeness (QED) is 0.737. The first-order valence-corrected chi connectivity index (χ1v) is 7.40. The van der Waals surface area contributed by atoms with Gasteiger partial charge < -0.3 is 9.88 Å². The highest BCUT2D eigenvalue weighted by Gasteiger charge is 2.18. The van der Waals surface area contributed by atoms with Gasteiger partial charge in [-0.15, -0.1) is 0 Å². The van der Waals surface area contributed by atoms with E-state index in [9.17, 15) is 0 Å². The van der Waals surface area contributed by atoms with Crippen LogP contribution >= 0.6 is 0 Å². The van der Waals surface area contributed by atoms with E-state index in [-0.39, 0.29) is 0 Å². The summed E-state index contributed by atoms with van der Waals surface area (Å²) < 4.78 is 5.76. The Hall–Kier alpha value is -2.48. The van der Waals surface area contributed by atoms with Gasteiger partial charge in [0.1, 0.15) is 23.0 Å². The van der Waals surface area contributed by atoms with Crippen molar-refractivity contribution >= 4 is 0 Å². The van der Waals surface area contributed by atoms with Crippen molar-refractivity contribution in [1.29, 1.82) is 0 Å². The number of nitrogens with one attached hydrogen (secondary N) is 1. The summed E-state index contributed by atoms with van der Waals surface area (Å²) in [5.41, 5.74) is 1.75. The van der Waals surface area contributed by atoms with Crippen LogP contribution in [-0.2, 0) is 20.0 Å². The van der Waals surface area contributed by atoms with Crippen LogP contribution in [0.4, 0.5) is 0 Å². The molecule has 1 aliphatic heterocycles. The molecule has 0 saturated carbocycles. The molecule has 3 aromatic heterocycles. The molecule has 0 amide bonds. The van der Waals surface area contributed by atoms with Crippen molar-refractivity contribution in [3.63, 3.8) is 0 Å². The maximum Gasteiger partial charge on any atom is 0.183 e. The minimum Gasteiger partial charge on any atom is -0.333 e. The Morgan fingerprint density at radius 3 is 2.91 bits per heavy atom. The lowest BCUT2D eigenvalue weighted by Gasteiger charge is -2.00. The fourth-order valence-electron chi connectivity index (χ4n) is 2.76. The summed E-state index contributed by atoms with van der Waals surface area (Å²) in [6.45, 7) is 4.76. The van der Waals surface area contributed by atoms with Gasteiger partial charge in [0.15, 0.2) is 5.82 Å². The van der Waals surface area contributed by atoms with Crippen LogP contribution in [-0.4, -0.2) is 47.2 Å². The molecule has 0 atom stereocenters. The molecule has 0 aromatic carbocycles. The monoisotopic (exact) mass is 298 g/mol. The maximum absolute atomic E-state index is 4.76. The lowest BCUT2D eigenvalue weighted by molar-refractivity contribution is 0.646. The van der Waals surface area contributed by atoms with E-state index in [1.807, 2.05) is 24.9 Å². The molecule has 1 aliphatic rings. The summed E-state index contributed by atoms with van der Waals surface area (Å²) in [4.78, 5) is 9.32. The number of aromatic nitrogens is 7. The molecule has 3 aromatic rings. The summed E-state index contributed by atoms with van der Waals surface area (Å²) >= 11 is 0. The van der Waals surface area contributed by atoms with Crippen molar-refractivity contribution in [2.75, 3.05) is 13.1 Å². The number of rotatable bonds is 2. The number of nitrogens with zero attached hydrogens (tertiary/aromatic N) is 7. The number of imidazole rings is 1. The number of hydrogen-bond donors (Lipinski definition) is 1. The zero-order valence-electron chi connectivity index (χ0n) is 12.7. The van der Waals surface area contributed by atoms with Crippen molar-refractivity contribution in [3.8, 4) is 17.2 Å². The topological polar surface area (TPSA) is 78.4 Å². The van der Waals surface area contributed by atoms with Gasteiger partial charge in [0.05, 0.1) is 12.4 Å². The summed E-state index contributed by atoms with van der Waals surface area (Å²) in [5.74, 6) is 2.58. The van der Waals surface area contributed by atoms with Gasteiger partial charge in [0.2, 0.25) is 0 Å². The van der Waals surface area contributed by atoms with E-state index in [4.69, 9.17) is 4.98 Å². The highest BCUT2D eigenvalue weighted by atomic mass is 15.4. The minimum absolute atomic E-state index is 0.726. The van der Waals surface area contributed by atoms with Crippen LogP contribution in [0.15, 0.2) is 18.6 Å². The van der Waals surface area contributed by atoms with Crippen LogP contribution in [0.1, 0.15) is 11.6 Å². The molecule has 8 heteroatoms. The highest BCUT2D eigenvalue weighted by molar-refractivity contribution is 5.52. The Morgan fingerprint density at radius 1 is 1.18 bits per heavy atom. The first-order chi connectivity index (χ1) is 10.7. The van der Waals surface area contributed by atoms with Crippen LogP contribution in [0.2, 0.25) is 0 Å². The van der Waals surface area contributed by atoms with E-state index >= 15 is 0 Å². The SMILES string of the molecule is Cc1nc(-c2cn3c(n2)CCNCC3)n(-c2cnn(C)c2)n1. The van der Waals surface area contributed by atoms with Gasteiger partial charge in [-0.25, -0.2) is 14.6 Å². The Bertz CT molecular complexity index is 785. The van der Waals surface area contributed by atoms with Crippen molar-refractivity contribution in [2.24, 2.45) is 7.05 Å². The van der Waals surface area contributed by atoms with Crippen molar-refractivity contribution in [3.05, 3.63) is 30.2 Å². The van der Waals surface area contributed by atoms with E-state index in [1.54, 1.807) is 10.9 Å². The molecule has 0 fully saturated rings. The molecule has 4 heterocycles. The van der Waals surface area contributed by atoms with Crippen molar-refractivity contribution < 1.29 is 0 Å². The van der Waals surface area contributed by atoms with E-state index in [1.165, 1.54) is 0 Å². The smallest absolute Gasteiger partial charge is 0.183 e. The molecule has 4 rings (SSSR count). The molecule has 0 radical (unpaired) electrons. The predicted molar refractivity (Wildman–Crippen MR) is 80.7 cm³/mol. The second-order valence-electron chi connectivity index (χ2n) is 5.50. The largest absolute Gasteiger partial charge is 0.333 e. The predicted octanol–water partition coefficient (Wildman–Crippen LogP) is 0.318. The Labute approximate surface area is 127 Å². The van der Waals surface area contributed by atoms with Crippen LogP contribution in [0.25, 0.3) is 17.2 Å². The lowest BCUT2D eigenvalue weighted by atomic mass is 10.4. The van der Waals surface area contributed by atoms with Crippen LogP contribution in [0, 0.1) is 6.92 Å². The summed E-state index contributed by atoms with van der Waals surface area (Å²) in [6, 6.07) is 0. The van der Waals surface area contributed by atoms with Gasteiger partial charge in [-0.3, -0.25) is 4.68 Å². The van der Waals surface area contributed by atoms with Gasteiger partial charge >= 0.3 is 0 Å². The molecular weight excluding hydrogens is 280 g/mol. The zero-order chi connectivity index (χ0) is 15.1. The van der Waals surface area contributed by atoms with Gasteiger partial charge in [0, 0.05) is 39.3 Å². The fourth-order valence-corrected chi connectivity index (χ4v) is 2.76. The normalized spacial score (nSPS) is 14.8. The van der Waals surface area contributed by atoms with Crippen LogP contribution < -0.4 is 5.32 Å². The number of aryl methyl sites for hydroxylation is 2. The Kier molecular flexibility index (Phi) is 3.04. The van der Waals surface area contributed by atoms with Crippen LogP contribution in [0.3, 0.4) is 0 Å².